The summed E-state index contributed by atoms with van der Waals surface area (Å²) < 4.78 is 41.2. The van der Waals surface area contributed by atoms with Crippen molar-refractivity contribution in [2.24, 2.45) is 0 Å². The molecule has 1 fully saturated rings. The molecule has 0 bridgehead atoms. The molecule has 0 amide bonds. The van der Waals surface area contributed by atoms with Gasteiger partial charge in [-0.3, -0.25) is 23.7 Å². The van der Waals surface area contributed by atoms with Crippen LogP contribution < -0.4 is 16.4 Å². The Hall–Kier alpha value is -3.05. The maximum Gasteiger partial charge on any atom is 0.433 e. The zero-order chi connectivity index (χ0) is 23.2. The Morgan fingerprint density at radius 3 is 2.48 bits per heavy atom. The quantitative estimate of drug-likeness (QED) is 0.625. The fourth-order valence-corrected chi connectivity index (χ4v) is 4.74. The molecule has 11 heteroatoms. The molecular weight excluding hydrogens is 437 g/mol. The van der Waals surface area contributed by atoms with E-state index in [0.29, 0.717) is 36.4 Å². The minimum absolute atomic E-state index is 0.124. The lowest BCUT2D eigenvalue weighted by molar-refractivity contribution is -0.141. The first-order chi connectivity index (χ1) is 15.8. The van der Waals surface area contributed by atoms with Gasteiger partial charge in [-0.25, -0.2) is 4.98 Å². The van der Waals surface area contributed by atoms with Crippen molar-refractivity contribution in [2.45, 2.75) is 44.2 Å². The van der Waals surface area contributed by atoms with Gasteiger partial charge in [0.2, 0.25) is 0 Å². The number of alkyl halides is 3. The summed E-state index contributed by atoms with van der Waals surface area (Å²) in [4.78, 5) is 34.7. The molecule has 1 N–H and O–H groups in total. The lowest BCUT2D eigenvalue weighted by atomic mass is 10.0. The van der Waals surface area contributed by atoms with Crippen LogP contribution in [-0.2, 0) is 19.3 Å². The van der Waals surface area contributed by atoms with Crippen LogP contribution in [0.2, 0.25) is 0 Å². The van der Waals surface area contributed by atoms with Crippen LogP contribution in [0.3, 0.4) is 0 Å². The predicted octanol–water partition coefficient (Wildman–Crippen LogP) is 1.78. The van der Waals surface area contributed by atoms with Gasteiger partial charge in [0.05, 0.1) is 12.2 Å². The molecule has 3 aromatic rings. The van der Waals surface area contributed by atoms with Crippen molar-refractivity contribution in [3.8, 4) is 0 Å². The highest BCUT2D eigenvalue weighted by Gasteiger charge is 2.32. The van der Waals surface area contributed by atoms with Gasteiger partial charge >= 0.3 is 6.18 Å². The van der Waals surface area contributed by atoms with E-state index in [0.717, 1.165) is 32.0 Å². The van der Waals surface area contributed by atoms with Gasteiger partial charge in [-0.2, -0.15) is 13.2 Å². The highest BCUT2D eigenvalue weighted by atomic mass is 19.4. The molecule has 33 heavy (non-hydrogen) atoms. The summed E-state index contributed by atoms with van der Waals surface area (Å²) in [7, 11) is 0. The Morgan fingerprint density at radius 1 is 1.00 bits per heavy atom. The van der Waals surface area contributed by atoms with E-state index < -0.39 is 11.9 Å². The second-order valence-corrected chi connectivity index (χ2v) is 8.62. The maximum absolute atomic E-state index is 12.6. The molecular formula is C22H23F3N6O2. The van der Waals surface area contributed by atoms with Crippen molar-refractivity contribution in [3.05, 3.63) is 68.6 Å². The standard InChI is InChI=1S/C22H23F3N6O2/c23-22(24,25)18-3-1-14(10-28-18)9-26-15-5-7-29(8-6-15)12-16-13-30-19(32)4-2-17-21(30)31(16)20(33)11-27-17/h1-4,10-11,15-16,26H,5-9,12-13H2/t16-/m1/s1. The zero-order valence-corrected chi connectivity index (χ0v) is 17.8. The number of pyridine rings is 2. The summed E-state index contributed by atoms with van der Waals surface area (Å²) in [6.07, 6.45) is -0.0946. The highest BCUT2D eigenvalue weighted by molar-refractivity contribution is 5.71. The Balaban J connectivity index is 1.17. The van der Waals surface area contributed by atoms with E-state index in [-0.39, 0.29) is 23.2 Å². The first-order valence-electron chi connectivity index (χ1n) is 10.9. The van der Waals surface area contributed by atoms with E-state index in [1.54, 1.807) is 15.2 Å². The van der Waals surface area contributed by atoms with Crippen molar-refractivity contribution in [1.29, 1.82) is 0 Å². The molecule has 0 aromatic carbocycles. The monoisotopic (exact) mass is 460 g/mol. The van der Waals surface area contributed by atoms with E-state index in [2.05, 4.69) is 20.2 Å². The fourth-order valence-electron chi connectivity index (χ4n) is 4.74. The van der Waals surface area contributed by atoms with Crippen LogP contribution in [0.15, 0.2) is 46.2 Å². The summed E-state index contributed by atoms with van der Waals surface area (Å²) >= 11 is 0. The predicted molar refractivity (Wildman–Crippen MR) is 115 cm³/mol. The molecule has 1 saturated heterocycles. The molecule has 174 valence electrons. The van der Waals surface area contributed by atoms with Gasteiger partial charge in [-0.15, -0.1) is 0 Å². The number of halogens is 3. The molecule has 1 atom stereocenters. The van der Waals surface area contributed by atoms with E-state index in [1.807, 2.05) is 0 Å². The van der Waals surface area contributed by atoms with Crippen LogP contribution in [0.5, 0.6) is 0 Å². The van der Waals surface area contributed by atoms with Gasteiger partial charge in [0, 0.05) is 37.9 Å². The summed E-state index contributed by atoms with van der Waals surface area (Å²) in [6, 6.07) is 5.71. The number of nitrogens with zero attached hydrogens (tertiary/aromatic N) is 5. The largest absolute Gasteiger partial charge is 0.433 e. The van der Waals surface area contributed by atoms with Crippen molar-refractivity contribution in [3.63, 3.8) is 0 Å². The average molecular weight is 460 g/mol. The molecule has 5 rings (SSSR count). The van der Waals surface area contributed by atoms with Gasteiger partial charge in [0.1, 0.15) is 16.9 Å². The lowest BCUT2D eigenvalue weighted by Crippen LogP contribution is -2.44. The maximum atomic E-state index is 12.6. The minimum Gasteiger partial charge on any atom is -0.310 e. The van der Waals surface area contributed by atoms with Gasteiger partial charge in [-0.05, 0) is 43.6 Å². The zero-order valence-electron chi connectivity index (χ0n) is 17.8. The minimum atomic E-state index is -4.43. The van der Waals surface area contributed by atoms with Crippen LogP contribution in [0.4, 0.5) is 13.2 Å². The molecule has 2 aliphatic rings. The Labute approximate surface area is 186 Å². The van der Waals surface area contributed by atoms with Crippen LogP contribution in [0, 0.1) is 0 Å². The number of rotatable bonds is 5. The summed E-state index contributed by atoms with van der Waals surface area (Å²) in [5, 5.41) is 3.40. The SMILES string of the molecule is O=c1ccc2ncc(=O)n3c2n1C[C@H]3CN1CCC(NCc2ccc(C(F)(F)F)nc2)CC1. The van der Waals surface area contributed by atoms with Crippen LogP contribution in [-0.4, -0.2) is 49.7 Å². The number of piperidine rings is 1. The van der Waals surface area contributed by atoms with Crippen molar-refractivity contribution >= 4 is 11.2 Å². The average Bonchev–Trinajstić information content (AvgIpc) is 3.18. The topological polar surface area (TPSA) is 85.0 Å². The van der Waals surface area contributed by atoms with Crippen LogP contribution >= 0.6 is 0 Å². The number of aromatic nitrogens is 4. The Morgan fingerprint density at radius 2 is 1.79 bits per heavy atom. The smallest absolute Gasteiger partial charge is 0.310 e. The van der Waals surface area contributed by atoms with Gasteiger partial charge in [0.15, 0.2) is 0 Å². The lowest BCUT2D eigenvalue weighted by Gasteiger charge is -2.34. The van der Waals surface area contributed by atoms with E-state index >= 15 is 0 Å². The molecule has 0 saturated carbocycles. The molecule has 3 aromatic heterocycles. The van der Waals surface area contributed by atoms with Crippen molar-refractivity contribution < 1.29 is 13.2 Å². The van der Waals surface area contributed by atoms with Gasteiger partial charge in [0.25, 0.3) is 11.1 Å². The molecule has 5 heterocycles. The van der Waals surface area contributed by atoms with Gasteiger partial charge in [-0.1, -0.05) is 6.07 Å². The second kappa shape index (κ2) is 8.38. The molecule has 0 aliphatic carbocycles. The van der Waals surface area contributed by atoms with Crippen molar-refractivity contribution in [2.75, 3.05) is 19.6 Å². The second-order valence-electron chi connectivity index (χ2n) is 8.62. The summed E-state index contributed by atoms with van der Waals surface area (Å²) in [5.74, 6) is 0. The molecule has 8 nitrogen and oxygen atoms in total. The van der Waals surface area contributed by atoms with Crippen LogP contribution in [0.25, 0.3) is 11.2 Å². The van der Waals surface area contributed by atoms with Gasteiger partial charge < -0.3 is 10.2 Å². The third kappa shape index (κ3) is 4.30. The third-order valence-electron chi connectivity index (χ3n) is 6.44. The Kier molecular flexibility index (Phi) is 5.53. The van der Waals surface area contributed by atoms with E-state index in [1.165, 1.54) is 24.5 Å². The third-order valence-corrected chi connectivity index (χ3v) is 6.44. The summed E-state index contributed by atoms with van der Waals surface area (Å²) in [5.41, 5.74) is 0.707. The van der Waals surface area contributed by atoms with E-state index in [4.69, 9.17) is 0 Å². The number of hydrogen-bond donors (Lipinski definition) is 1. The fraction of sp³-hybridized carbons (Fsp3) is 0.455. The van der Waals surface area contributed by atoms with Crippen LogP contribution in [0.1, 0.15) is 30.1 Å². The molecule has 0 unspecified atom stereocenters. The van der Waals surface area contributed by atoms with E-state index in [9.17, 15) is 22.8 Å². The normalized spacial score (nSPS) is 19.4. The number of likely N-dealkylation sites (tertiary alicyclic amines) is 1. The number of nitrogens with one attached hydrogen (secondary N) is 1. The summed E-state index contributed by atoms with van der Waals surface area (Å²) in [6.45, 7) is 3.23. The molecule has 0 radical (unpaired) electrons. The van der Waals surface area contributed by atoms with Crippen molar-refractivity contribution in [1.82, 2.24) is 29.3 Å². The molecule has 0 spiro atoms. The molecule has 2 aliphatic heterocycles. The first-order valence-corrected chi connectivity index (χ1v) is 10.9. The Bertz CT molecular complexity index is 1270. The highest BCUT2D eigenvalue weighted by Crippen LogP contribution is 2.27. The first kappa shape index (κ1) is 21.8. The number of hydrogen-bond acceptors (Lipinski definition) is 6.